The molecule has 3 N–H and O–H groups in total. The van der Waals surface area contributed by atoms with Crippen LogP contribution in [-0.4, -0.2) is 26.0 Å². The predicted molar refractivity (Wildman–Crippen MR) is 82.3 cm³/mol. The highest BCUT2D eigenvalue weighted by molar-refractivity contribution is 6.08. The van der Waals surface area contributed by atoms with Crippen molar-refractivity contribution in [3.8, 4) is 11.3 Å². The van der Waals surface area contributed by atoms with Crippen LogP contribution in [0, 0.1) is 0 Å². The summed E-state index contributed by atoms with van der Waals surface area (Å²) in [6, 6.07) is 8.25. The molecule has 110 valence electrons. The molecule has 6 nitrogen and oxygen atoms in total. The van der Waals surface area contributed by atoms with E-state index in [9.17, 15) is 9.90 Å². The van der Waals surface area contributed by atoms with Crippen LogP contribution in [0.2, 0.25) is 0 Å². The Morgan fingerprint density at radius 2 is 1.95 bits per heavy atom. The first-order valence-electron chi connectivity index (χ1n) is 6.78. The molecule has 0 aromatic carbocycles. The van der Waals surface area contributed by atoms with E-state index in [-0.39, 0.29) is 5.56 Å². The second kappa shape index (κ2) is 5.50. The maximum atomic E-state index is 11.9. The number of nitrogens with two attached hydrogens (primary N) is 1. The summed E-state index contributed by atoms with van der Waals surface area (Å²) < 4.78 is 0. The molecule has 0 spiro atoms. The molecule has 0 radical (unpaired) electrons. The quantitative estimate of drug-likeness (QED) is 0.769. The second-order valence-electron chi connectivity index (χ2n) is 4.93. The van der Waals surface area contributed by atoms with Crippen molar-refractivity contribution in [2.75, 3.05) is 0 Å². The van der Waals surface area contributed by atoms with Gasteiger partial charge in [-0.3, -0.25) is 4.98 Å². The van der Waals surface area contributed by atoms with Gasteiger partial charge in [0.15, 0.2) is 5.65 Å². The number of fused-ring (bicyclic) bond motifs is 1. The van der Waals surface area contributed by atoms with Crippen molar-refractivity contribution in [1.82, 2.24) is 15.0 Å². The largest absolute Gasteiger partial charge is 0.478 e. The van der Waals surface area contributed by atoms with Gasteiger partial charge in [-0.15, -0.1) is 0 Å². The molecule has 3 aromatic rings. The van der Waals surface area contributed by atoms with Gasteiger partial charge in [0, 0.05) is 29.4 Å². The lowest BCUT2D eigenvalue weighted by molar-refractivity contribution is 0.0699. The molecule has 0 amide bonds. The average molecular weight is 294 g/mol. The molecule has 1 atom stereocenters. The zero-order valence-corrected chi connectivity index (χ0v) is 11.9. The van der Waals surface area contributed by atoms with Crippen LogP contribution in [0.4, 0.5) is 0 Å². The summed E-state index contributed by atoms with van der Waals surface area (Å²) in [6.07, 6.45) is 3.19. The van der Waals surface area contributed by atoms with Crippen LogP contribution in [0.5, 0.6) is 0 Å². The van der Waals surface area contributed by atoms with Crippen molar-refractivity contribution in [2.45, 2.75) is 13.0 Å². The van der Waals surface area contributed by atoms with E-state index in [1.165, 1.54) is 0 Å². The van der Waals surface area contributed by atoms with Gasteiger partial charge < -0.3 is 10.8 Å². The van der Waals surface area contributed by atoms with Gasteiger partial charge in [0.25, 0.3) is 0 Å². The van der Waals surface area contributed by atoms with E-state index in [4.69, 9.17) is 5.73 Å². The number of carbonyl (C=O) groups is 1. The molecule has 3 heterocycles. The zero-order chi connectivity index (χ0) is 15.7. The number of pyridine rings is 3. The second-order valence-corrected chi connectivity index (χ2v) is 4.93. The van der Waals surface area contributed by atoms with E-state index in [1.807, 2.05) is 0 Å². The van der Waals surface area contributed by atoms with E-state index in [0.717, 1.165) is 0 Å². The number of aromatic nitrogens is 3. The number of carboxylic acid groups (broad SMARTS) is 1. The molecule has 0 aliphatic heterocycles. The topological polar surface area (TPSA) is 102 Å². The molecule has 0 bridgehead atoms. The van der Waals surface area contributed by atoms with Crippen LogP contribution in [0.15, 0.2) is 42.7 Å². The minimum Gasteiger partial charge on any atom is -0.478 e. The van der Waals surface area contributed by atoms with Gasteiger partial charge in [-0.2, -0.15) is 0 Å². The monoisotopic (exact) mass is 294 g/mol. The third-order valence-corrected chi connectivity index (χ3v) is 3.35. The van der Waals surface area contributed by atoms with Crippen molar-refractivity contribution >= 4 is 17.0 Å². The fraction of sp³-hybridized carbons (Fsp3) is 0.125. The Labute approximate surface area is 126 Å². The minimum absolute atomic E-state index is 0.129. The van der Waals surface area contributed by atoms with Crippen molar-refractivity contribution in [1.29, 1.82) is 0 Å². The van der Waals surface area contributed by atoms with Gasteiger partial charge >= 0.3 is 5.97 Å². The SMILES string of the molecule is CC(N)c1nc2ncccc2c(C(=O)O)c1-c1ccccn1. The molecular weight excluding hydrogens is 280 g/mol. The van der Waals surface area contributed by atoms with Crippen LogP contribution in [0.25, 0.3) is 22.3 Å². The zero-order valence-electron chi connectivity index (χ0n) is 11.9. The Kier molecular flexibility index (Phi) is 3.52. The Bertz CT molecular complexity index is 847. The molecule has 3 aromatic heterocycles. The highest BCUT2D eigenvalue weighted by Gasteiger charge is 2.24. The lowest BCUT2D eigenvalue weighted by atomic mass is 9.96. The van der Waals surface area contributed by atoms with Crippen LogP contribution in [0.1, 0.15) is 29.0 Å². The summed E-state index contributed by atoms with van der Waals surface area (Å²) in [6.45, 7) is 1.76. The van der Waals surface area contributed by atoms with Gasteiger partial charge in [-0.1, -0.05) is 6.07 Å². The summed E-state index contributed by atoms with van der Waals surface area (Å²) in [5.74, 6) is -1.05. The van der Waals surface area contributed by atoms with Gasteiger partial charge in [0.2, 0.25) is 0 Å². The lowest BCUT2D eigenvalue weighted by Crippen LogP contribution is -2.14. The maximum Gasteiger partial charge on any atom is 0.337 e. The molecule has 22 heavy (non-hydrogen) atoms. The lowest BCUT2D eigenvalue weighted by Gasteiger charge is -2.16. The number of nitrogens with zero attached hydrogens (tertiary/aromatic N) is 3. The fourth-order valence-corrected chi connectivity index (χ4v) is 2.44. The molecule has 0 fully saturated rings. The smallest absolute Gasteiger partial charge is 0.337 e. The molecule has 0 saturated carbocycles. The van der Waals surface area contributed by atoms with Gasteiger partial charge in [-0.05, 0) is 31.2 Å². The number of hydrogen-bond acceptors (Lipinski definition) is 5. The molecule has 0 aliphatic carbocycles. The van der Waals surface area contributed by atoms with Gasteiger partial charge in [0.1, 0.15) is 0 Å². The van der Waals surface area contributed by atoms with E-state index in [0.29, 0.717) is 28.0 Å². The van der Waals surface area contributed by atoms with E-state index < -0.39 is 12.0 Å². The van der Waals surface area contributed by atoms with Crippen molar-refractivity contribution in [2.24, 2.45) is 5.73 Å². The summed E-state index contributed by atoms with van der Waals surface area (Å²) in [5, 5.41) is 10.2. The molecular formula is C16H14N4O2. The number of hydrogen-bond donors (Lipinski definition) is 2. The molecule has 3 rings (SSSR count). The standard InChI is InChI=1S/C16H14N4O2/c1-9(17)14-13(11-6-2-3-7-18-11)12(16(21)22)10-5-4-8-19-15(10)20-14/h2-9H,17H2,1H3,(H,21,22). The first-order chi connectivity index (χ1) is 10.6. The predicted octanol–water partition coefficient (Wildman–Crippen LogP) is 2.41. The highest BCUT2D eigenvalue weighted by Crippen LogP contribution is 2.32. The van der Waals surface area contributed by atoms with Crippen LogP contribution >= 0.6 is 0 Å². The fourth-order valence-electron chi connectivity index (χ4n) is 2.44. The van der Waals surface area contributed by atoms with Crippen LogP contribution in [-0.2, 0) is 0 Å². The van der Waals surface area contributed by atoms with E-state index >= 15 is 0 Å². The van der Waals surface area contributed by atoms with Crippen molar-refractivity contribution < 1.29 is 9.90 Å². The third-order valence-electron chi connectivity index (χ3n) is 3.35. The van der Waals surface area contributed by atoms with Crippen LogP contribution in [0.3, 0.4) is 0 Å². The summed E-state index contributed by atoms with van der Waals surface area (Å²) in [4.78, 5) is 24.7. The van der Waals surface area contributed by atoms with Crippen LogP contribution < -0.4 is 5.73 Å². The summed E-state index contributed by atoms with van der Waals surface area (Å²) in [5.41, 5.74) is 7.95. The average Bonchev–Trinajstić information content (AvgIpc) is 2.53. The molecule has 6 heteroatoms. The van der Waals surface area contributed by atoms with Crippen molar-refractivity contribution in [3.05, 3.63) is 54.0 Å². The summed E-state index contributed by atoms with van der Waals surface area (Å²) >= 11 is 0. The van der Waals surface area contributed by atoms with Gasteiger partial charge in [-0.25, -0.2) is 14.8 Å². The molecule has 0 saturated heterocycles. The van der Waals surface area contributed by atoms with E-state index in [2.05, 4.69) is 15.0 Å². The Morgan fingerprint density at radius 1 is 1.18 bits per heavy atom. The maximum absolute atomic E-state index is 11.9. The van der Waals surface area contributed by atoms with E-state index in [1.54, 1.807) is 49.6 Å². The number of carboxylic acids is 1. The van der Waals surface area contributed by atoms with Gasteiger partial charge in [0.05, 0.1) is 17.0 Å². The van der Waals surface area contributed by atoms with Crippen molar-refractivity contribution in [3.63, 3.8) is 0 Å². The molecule has 0 aliphatic rings. The first-order valence-corrected chi connectivity index (χ1v) is 6.78. The minimum atomic E-state index is -1.05. The Hall–Kier alpha value is -2.86. The summed E-state index contributed by atoms with van der Waals surface area (Å²) in [7, 11) is 0. The normalized spacial score (nSPS) is 12.3. The molecule has 1 unspecified atom stereocenters. The number of aromatic carboxylic acids is 1. The Balaban J connectivity index is 2.49. The number of rotatable bonds is 3. The first kappa shape index (κ1) is 14.1. The Morgan fingerprint density at radius 3 is 2.59 bits per heavy atom. The highest BCUT2D eigenvalue weighted by atomic mass is 16.4. The third kappa shape index (κ3) is 2.29.